The number of hydrogen-bond donors (Lipinski definition) is 2. The Bertz CT molecular complexity index is 987. The fourth-order valence-electron chi connectivity index (χ4n) is 2.82. The molecule has 6 nitrogen and oxygen atoms in total. The van der Waals surface area contributed by atoms with Gasteiger partial charge in [0, 0.05) is 34.8 Å². The number of aryl methyl sites for hydroxylation is 1. The Labute approximate surface area is 150 Å². The zero-order valence-electron chi connectivity index (χ0n) is 14.5. The lowest BCUT2D eigenvalue weighted by Gasteiger charge is -2.06. The van der Waals surface area contributed by atoms with Crippen LogP contribution in [0, 0.1) is 6.92 Å². The normalized spacial score (nSPS) is 10.5. The number of ether oxygens (including phenoxy) is 1. The average molecular weight is 350 g/mol. The Kier molecular flexibility index (Phi) is 4.84. The van der Waals surface area contributed by atoms with Crippen molar-refractivity contribution in [3.05, 3.63) is 65.4 Å². The van der Waals surface area contributed by atoms with Gasteiger partial charge in [0.15, 0.2) is 6.61 Å². The molecular weight excluding hydrogens is 332 g/mol. The summed E-state index contributed by atoms with van der Waals surface area (Å²) in [7, 11) is 0. The molecule has 0 bridgehead atoms. The van der Waals surface area contributed by atoms with E-state index in [1.807, 2.05) is 31.2 Å². The van der Waals surface area contributed by atoms with Gasteiger partial charge in [-0.15, -0.1) is 0 Å². The second-order valence-corrected chi connectivity index (χ2v) is 5.93. The van der Waals surface area contributed by atoms with E-state index in [-0.39, 0.29) is 18.3 Å². The molecule has 1 amide bonds. The van der Waals surface area contributed by atoms with Gasteiger partial charge in [-0.25, -0.2) is 4.79 Å². The molecule has 3 rings (SSSR count). The maximum Gasteiger partial charge on any atom is 0.338 e. The van der Waals surface area contributed by atoms with Crippen LogP contribution < -0.4 is 5.32 Å². The summed E-state index contributed by atoms with van der Waals surface area (Å²) in [6.45, 7) is 2.88. The summed E-state index contributed by atoms with van der Waals surface area (Å²) in [6.07, 6.45) is 0. The molecule has 0 unspecified atom stereocenters. The highest BCUT2D eigenvalue weighted by atomic mass is 16.5. The number of amides is 1. The minimum absolute atomic E-state index is 0.194. The van der Waals surface area contributed by atoms with Crippen molar-refractivity contribution in [2.24, 2.45) is 0 Å². The highest BCUT2D eigenvalue weighted by molar-refractivity contribution is 6.10. The molecule has 0 saturated heterocycles. The van der Waals surface area contributed by atoms with E-state index in [1.54, 1.807) is 12.1 Å². The van der Waals surface area contributed by atoms with Gasteiger partial charge in [0.2, 0.25) is 11.7 Å². The van der Waals surface area contributed by atoms with Crippen molar-refractivity contribution in [2.45, 2.75) is 13.8 Å². The van der Waals surface area contributed by atoms with Crippen molar-refractivity contribution < 1.29 is 19.1 Å². The van der Waals surface area contributed by atoms with Crippen molar-refractivity contribution in [1.29, 1.82) is 0 Å². The molecule has 0 aliphatic rings. The van der Waals surface area contributed by atoms with E-state index in [2.05, 4.69) is 10.3 Å². The molecule has 0 aliphatic heterocycles. The van der Waals surface area contributed by atoms with Crippen molar-refractivity contribution >= 4 is 34.3 Å². The lowest BCUT2D eigenvalue weighted by molar-refractivity contribution is -0.114. The summed E-state index contributed by atoms with van der Waals surface area (Å²) >= 11 is 0. The standard InChI is InChI=1S/C20H18N2O4/c1-12-19(16-5-3-4-6-17(16)21-12)18(24)11-26-20(25)14-7-9-15(10-8-14)22-13(2)23/h3-10,21H,11H2,1-2H3,(H,22,23). The van der Waals surface area contributed by atoms with Crippen LogP contribution in [0.25, 0.3) is 10.9 Å². The Balaban J connectivity index is 1.68. The third-order valence-electron chi connectivity index (χ3n) is 3.95. The number of rotatable bonds is 5. The van der Waals surface area contributed by atoms with Gasteiger partial charge in [-0.3, -0.25) is 9.59 Å². The first kappa shape index (κ1) is 17.4. The lowest BCUT2D eigenvalue weighted by atomic mass is 10.1. The number of carbonyl (C=O) groups excluding carboxylic acids is 3. The maximum atomic E-state index is 12.5. The van der Waals surface area contributed by atoms with E-state index in [1.165, 1.54) is 19.1 Å². The third kappa shape index (κ3) is 3.64. The zero-order valence-corrected chi connectivity index (χ0v) is 14.5. The van der Waals surface area contributed by atoms with Gasteiger partial charge in [0.1, 0.15) is 0 Å². The summed E-state index contributed by atoms with van der Waals surface area (Å²) < 4.78 is 5.15. The first-order valence-corrected chi connectivity index (χ1v) is 8.11. The highest BCUT2D eigenvalue weighted by Crippen LogP contribution is 2.22. The fraction of sp³-hybridized carbons (Fsp3) is 0.150. The number of H-pyrrole nitrogens is 1. The monoisotopic (exact) mass is 350 g/mol. The maximum absolute atomic E-state index is 12.5. The van der Waals surface area contributed by atoms with Gasteiger partial charge in [-0.2, -0.15) is 0 Å². The van der Waals surface area contributed by atoms with Crippen LogP contribution in [-0.2, 0) is 9.53 Å². The fourth-order valence-corrected chi connectivity index (χ4v) is 2.82. The number of carbonyl (C=O) groups is 3. The number of fused-ring (bicyclic) bond motifs is 1. The smallest absolute Gasteiger partial charge is 0.338 e. The van der Waals surface area contributed by atoms with Gasteiger partial charge in [0.05, 0.1) is 5.56 Å². The SMILES string of the molecule is CC(=O)Nc1ccc(C(=O)OCC(=O)c2c(C)[nH]c3ccccc23)cc1. The van der Waals surface area contributed by atoms with Gasteiger partial charge < -0.3 is 15.0 Å². The van der Waals surface area contributed by atoms with E-state index < -0.39 is 5.97 Å². The minimum Gasteiger partial charge on any atom is -0.454 e. The number of aromatic nitrogens is 1. The molecule has 0 atom stereocenters. The van der Waals surface area contributed by atoms with Crippen LogP contribution in [0.1, 0.15) is 33.3 Å². The Morgan fingerprint density at radius 3 is 2.42 bits per heavy atom. The quantitative estimate of drug-likeness (QED) is 0.545. The first-order chi connectivity index (χ1) is 12.5. The molecular formula is C20H18N2O4. The second-order valence-electron chi connectivity index (χ2n) is 5.93. The molecule has 0 aliphatic carbocycles. The van der Waals surface area contributed by atoms with Crippen LogP contribution in [0.15, 0.2) is 48.5 Å². The van der Waals surface area contributed by atoms with Crippen molar-refractivity contribution in [1.82, 2.24) is 4.98 Å². The van der Waals surface area contributed by atoms with Gasteiger partial charge in [0.25, 0.3) is 0 Å². The molecule has 1 aromatic heterocycles. The molecule has 26 heavy (non-hydrogen) atoms. The van der Waals surface area contributed by atoms with E-state index in [0.29, 0.717) is 16.8 Å². The van der Waals surface area contributed by atoms with Crippen molar-refractivity contribution in [3.63, 3.8) is 0 Å². The van der Waals surface area contributed by atoms with Crippen molar-refractivity contribution in [2.75, 3.05) is 11.9 Å². The number of hydrogen-bond acceptors (Lipinski definition) is 4. The summed E-state index contributed by atoms with van der Waals surface area (Å²) in [5, 5.41) is 3.43. The number of aromatic amines is 1. The molecule has 0 radical (unpaired) electrons. The highest BCUT2D eigenvalue weighted by Gasteiger charge is 2.18. The van der Waals surface area contributed by atoms with Crippen LogP contribution in [0.2, 0.25) is 0 Å². The van der Waals surface area contributed by atoms with E-state index in [0.717, 1.165) is 16.6 Å². The van der Waals surface area contributed by atoms with Crippen LogP contribution in [0.5, 0.6) is 0 Å². The number of benzene rings is 2. The van der Waals surface area contributed by atoms with E-state index in [4.69, 9.17) is 4.74 Å². The van der Waals surface area contributed by atoms with Crippen LogP contribution in [0.4, 0.5) is 5.69 Å². The number of esters is 1. The molecule has 1 heterocycles. The average Bonchev–Trinajstić information content (AvgIpc) is 2.95. The number of anilines is 1. The molecule has 3 aromatic rings. The van der Waals surface area contributed by atoms with Gasteiger partial charge in [-0.05, 0) is 37.3 Å². The van der Waals surface area contributed by atoms with Crippen molar-refractivity contribution in [3.8, 4) is 0 Å². The molecule has 132 valence electrons. The number of Topliss-reactive ketones (excluding diaryl/α,β-unsaturated/α-hetero) is 1. The van der Waals surface area contributed by atoms with Gasteiger partial charge in [-0.1, -0.05) is 18.2 Å². The minimum atomic E-state index is -0.592. The third-order valence-corrected chi connectivity index (χ3v) is 3.95. The molecule has 6 heteroatoms. The Morgan fingerprint density at radius 1 is 1.04 bits per heavy atom. The Morgan fingerprint density at radius 2 is 1.73 bits per heavy atom. The molecule has 0 fully saturated rings. The van der Waals surface area contributed by atoms with Crippen LogP contribution in [0.3, 0.4) is 0 Å². The van der Waals surface area contributed by atoms with Gasteiger partial charge >= 0.3 is 5.97 Å². The van der Waals surface area contributed by atoms with Crippen LogP contribution >= 0.6 is 0 Å². The second kappa shape index (κ2) is 7.23. The van der Waals surface area contributed by atoms with E-state index in [9.17, 15) is 14.4 Å². The predicted octanol–water partition coefficient (Wildman–Crippen LogP) is 3.47. The number of ketones is 1. The summed E-state index contributed by atoms with van der Waals surface area (Å²) in [5.74, 6) is -1.05. The molecule has 2 N–H and O–H groups in total. The summed E-state index contributed by atoms with van der Waals surface area (Å²) in [4.78, 5) is 38.8. The lowest BCUT2D eigenvalue weighted by Crippen LogP contribution is -2.15. The molecule has 0 spiro atoms. The first-order valence-electron chi connectivity index (χ1n) is 8.11. The number of para-hydroxylation sites is 1. The summed E-state index contributed by atoms with van der Waals surface area (Å²) in [6, 6.07) is 13.8. The molecule has 2 aromatic carbocycles. The summed E-state index contributed by atoms with van der Waals surface area (Å²) in [5.41, 5.74) is 3.04. The number of nitrogens with one attached hydrogen (secondary N) is 2. The molecule has 0 saturated carbocycles. The van der Waals surface area contributed by atoms with Crippen LogP contribution in [-0.4, -0.2) is 29.3 Å². The predicted molar refractivity (Wildman–Crippen MR) is 98.4 cm³/mol. The van der Waals surface area contributed by atoms with E-state index >= 15 is 0 Å². The zero-order chi connectivity index (χ0) is 18.7. The largest absolute Gasteiger partial charge is 0.454 e. The topological polar surface area (TPSA) is 88.3 Å². The Hall–Kier alpha value is -3.41.